The van der Waals surface area contributed by atoms with E-state index in [4.69, 9.17) is 5.11 Å². The van der Waals surface area contributed by atoms with Crippen molar-refractivity contribution in [3.8, 4) is 0 Å². The van der Waals surface area contributed by atoms with Gasteiger partial charge in [0.1, 0.15) is 0 Å². The smallest absolute Gasteiger partial charge is 0.460 e. The van der Waals surface area contributed by atoms with E-state index in [1.54, 1.807) is 0 Å². The van der Waals surface area contributed by atoms with Crippen LogP contribution in [0.2, 0.25) is 0 Å². The minimum Gasteiger partial charge on any atom is -0.478 e. The molecule has 23 heteroatoms. The van der Waals surface area contributed by atoms with Gasteiger partial charge in [0.05, 0.1) is 0 Å². The number of alkyl halides is 17. The van der Waals surface area contributed by atoms with Gasteiger partial charge in [0.25, 0.3) is 10.0 Å². The van der Waals surface area contributed by atoms with Crippen molar-refractivity contribution in [2.45, 2.75) is 53.9 Å². The molecular formula is C14H12F17NO4S. The Morgan fingerprint density at radius 1 is 0.703 bits per heavy atom. The lowest BCUT2D eigenvalue weighted by atomic mass is 9.91. The number of nitrogens with zero attached hydrogens (tertiary/aromatic N) is 1. The molecule has 0 aromatic heterocycles. The molecule has 0 spiro atoms. The first-order chi connectivity index (χ1) is 15.8. The van der Waals surface area contributed by atoms with Gasteiger partial charge in [0.2, 0.25) is 0 Å². The third-order valence-corrected chi connectivity index (χ3v) is 6.03. The van der Waals surface area contributed by atoms with E-state index in [-0.39, 0.29) is 7.05 Å². The zero-order chi connectivity index (χ0) is 31.1. The summed E-state index contributed by atoms with van der Waals surface area (Å²) in [6.45, 7) is 2.27. The predicted octanol–water partition coefficient (Wildman–Crippen LogP) is 5.49. The summed E-state index contributed by atoms with van der Waals surface area (Å²) in [4.78, 5) is 9.25. The van der Waals surface area contributed by atoms with Gasteiger partial charge in [-0.1, -0.05) is 13.5 Å². The highest BCUT2D eigenvalue weighted by atomic mass is 32.2. The van der Waals surface area contributed by atoms with Gasteiger partial charge in [-0.3, -0.25) is 0 Å². The van der Waals surface area contributed by atoms with Crippen molar-refractivity contribution < 1.29 is 93.0 Å². The Hall–Kier alpha value is -2.07. The van der Waals surface area contributed by atoms with Crippen LogP contribution in [-0.4, -0.2) is 84.4 Å². The van der Waals surface area contributed by atoms with Gasteiger partial charge >= 0.3 is 52.9 Å². The van der Waals surface area contributed by atoms with Crippen molar-refractivity contribution in [2.75, 3.05) is 13.6 Å². The average Bonchev–Trinajstić information content (AvgIpc) is 2.71. The number of aliphatic carboxylic acids is 1. The lowest BCUT2D eigenvalue weighted by molar-refractivity contribution is -0.458. The first-order valence-corrected chi connectivity index (χ1v) is 9.72. The molecule has 0 bridgehead atoms. The van der Waals surface area contributed by atoms with Crippen LogP contribution in [0, 0.1) is 0 Å². The Bertz CT molecular complexity index is 942. The Morgan fingerprint density at radius 2 is 0.946 bits per heavy atom. The van der Waals surface area contributed by atoms with Crippen LogP contribution in [0.1, 0.15) is 6.92 Å². The molecule has 0 rings (SSSR count). The topological polar surface area (TPSA) is 74.7 Å². The zero-order valence-corrected chi connectivity index (χ0v) is 18.3. The molecular weight excluding hydrogens is 601 g/mol. The number of halogens is 17. The van der Waals surface area contributed by atoms with E-state index >= 15 is 0 Å². The minimum atomic E-state index is -8.81. The van der Waals surface area contributed by atoms with Crippen LogP contribution in [0.15, 0.2) is 12.7 Å². The second kappa shape index (κ2) is 10.2. The van der Waals surface area contributed by atoms with Crippen molar-refractivity contribution in [3.05, 3.63) is 12.7 Å². The highest BCUT2D eigenvalue weighted by Gasteiger charge is 2.96. The lowest BCUT2D eigenvalue weighted by Crippen LogP contribution is -2.75. The number of rotatable bonds is 10. The molecule has 0 saturated carbocycles. The van der Waals surface area contributed by atoms with Crippen LogP contribution in [0.4, 0.5) is 74.6 Å². The molecule has 0 radical (unpaired) electrons. The SMILES string of the molecule is C=CC(=O)O.CCN(C)S(=O)(=O)C(F)(F)C(F)(F)C(F)(F)C(F)(F)C(F)(F)C(F)(F)C(F)(F)C(F)(F)F. The molecule has 0 aliphatic carbocycles. The quantitative estimate of drug-likeness (QED) is 0.261. The lowest BCUT2D eigenvalue weighted by Gasteiger charge is -2.42. The first-order valence-electron chi connectivity index (χ1n) is 8.28. The highest BCUT2D eigenvalue weighted by Crippen LogP contribution is 2.64. The fourth-order valence-corrected chi connectivity index (χ4v) is 2.86. The number of carbonyl (C=O) groups is 1. The summed E-state index contributed by atoms with van der Waals surface area (Å²) in [5, 5.41) is 0.114. The van der Waals surface area contributed by atoms with E-state index in [9.17, 15) is 87.8 Å². The van der Waals surface area contributed by atoms with Gasteiger partial charge in [-0.2, -0.15) is 78.9 Å². The fraction of sp³-hybridized carbons (Fsp3) is 0.786. The van der Waals surface area contributed by atoms with Crippen molar-refractivity contribution in [2.24, 2.45) is 0 Å². The Kier molecular flexibility index (Phi) is 10.3. The predicted molar refractivity (Wildman–Crippen MR) is 85.7 cm³/mol. The second-order valence-corrected chi connectivity index (χ2v) is 8.51. The van der Waals surface area contributed by atoms with Crippen LogP contribution < -0.4 is 0 Å². The Balaban J connectivity index is 0. The minimum absolute atomic E-state index is 0.0394. The number of hydrogen-bond acceptors (Lipinski definition) is 3. The molecule has 0 amide bonds. The summed E-state index contributed by atoms with van der Waals surface area (Å²) < 4.78 is 243. The maximum absolute atomic E-state index is 13.6. The van der Waals surface area contributed by atoms with Crippen LogP contribution in [-0.2, 0) is 14.8 Å². The third-order valence-electron chi connectivity index (χ3n) is 4.05. The van der Waals surface area contributed by atoms with Gasteiger partial charge in [0.15, 0.2) is 0 Å². The zero-order valence-electron chi connectivity index (χ0n) is 17.4. The highest BCUT2D eigenvalue weighted by molar-refractivity contribution is 7.90. The standard InChI is InChI=1S/C11H8F17NO2S.C3H4O2/c1-3-29(2)32(30,31)11(27,28)9(22,23)7(18,19)5(14,15)4(12,13)6(16,17)8(20,21)10(24,25)26;1-2-3(4)5/h3H2,1-2H3;2H,1H2,(H,4,5). The maximum Gasteiger partial charge on any atom is 0.460 e. The van der Waals surface area contributed by atoms with Crippen LogP contribution >= 0.6 is 0 Å². The Morgan fingerprint density at radius 3 is 1.16 bits per heavy atom. The number of sulfonamides is 1. The molecule has 0 aromatic carbocycles. The summed E-state index contributed by atoms with van der Waals surface area (Å²) in [5.74, 6) is -52.4. The van der Waals surface area contributed by atoms with Crippen molar-refractivity contribution >= 4 is 16.0 Å². The number of carboxylic acids is 1. The molecule has 0 aliphatic rings. The third kappa shape index (κ3) is 5.41. The van der Waals surface area contributed by atoms with Crippen molar-refractivity contribution in [1.29, 1.82) is 0 Å². The molecule has 0 unspecified atom stereocenters. The van der Waals surface area contributed by atoms with Gasteiger partial charge in [-0.25, -0.2) is 13.2 Å². The number of hydrogen-bond donors (Lipinski definition) is 1. The molecule has 1 N–H and O–H groups in total. The summed E-state index contributed by atoms with van der Waals surface area (Å²) in [6.07, 6.45) is -7.02. The van der Waals surface area contributed by atoms with Gasteiger partial charge in [0, 0.05) is 19.7 Å². The summed E-state index contributed by atoms with van der Waals surface area (Å²) in [6, 6.07) is 0. The van der Waals surface area contributed by atoms with Crippen molar-refractivity contribution in [3.63, 3.8) is 0 Å². The van der Waals surface area contributed by atoms with Crippen LogP contribution in [0.25, 0.3) is 0 Å². The molecule has 0 fully saturated rings. The fourth-order valence-electron chi connectivity index (χ4n) is 1.68. The average molecular weight is 613 g/mol. The largest absolute Gasteiger partial charge is 0.478 e. The summed E-state index contributed by atoms with van der Waals surface area (Å²) >= 11 is 0. The first kappa shape index (κ1) is 37.1. The van der Waals surface area contributed by atoms with E-state index in [1.807, 2.05) is 0 Å². The maximum atomic E-state index is 13.6. The van der Waals surface area contributed by atoms with Crippen molar-refractivity contribution in [1.82, 2.24) is 4.31 Å². The second-order valence-electron chi connectivity index (χ2n) is 6.42. The molecule has 0 aliphatic heterocycles. The van der Waals surface area contributed by atoms with Gasteiger partial charge in [-0.15, -0.1) is 0 Å². The van der Waals surface area contributed by atoms with E-state index in [1.165, 1.54) is 0 Å². The monoisotopic (exact) mass is 613 g/mol. The Labute approximate surface area is 194 Å². The van der Waals surface area contributed by atoms with Crippen LogP contribution in [0.5, 0.6) is 0 Å². The molecule has 0 atom stereocenters. The molecule has 0 aromatic rings. The van der Waals surface area contributed by atoms with E-state index in [2.05, 4.69) is 6.58 Å². The van der Waals surface area contributed by atoms with Gasteiger partial charge in [-0.05, 0) is 0 Å². The van der Waals surface area contributed by atoms with E-state index in [0.29, 0.717) is 6.92 Å². The molecule has 222 valence electrons. The summed E-state index contributed by atoms with van der Waals surface area (Å²) in [5.41, 5.74) is 0. The molecule has 0 heterocycles. The van der Waals surface area contributed by atoms with Gasteiger partial charge < -0.3 is 5.11 Å². The van der Waals surface area contributed by atoms with E-state index in [0.717, 1.165) is 6.08 Å². The molecule has 5 nitrogen and oxygen atoms in total. The molecule has 0 saturated heterocycles. The summed E-state index contributed by atoms with van der Waals surface area (Å²) in [7, 11) is -7.19. The molecule has 37 heavy (non-hydrogen) atoms. The number of carboxylic acid groups (broad SMARTS) is 1. The van der Waals surface area contributed by atoms with Crippen LogP contribution in [0.3, 0.4) is 0 Å². The normalized spacial score (nSPS) is 15.2. The van der Waals surface area contributed by atoms with E-state index < -0.39 is 73.8 Å².